The second-order valence-corrected chi connectivity index (χ2v) is 15.9. The molecule has 0 aromatic heterocycles. The van der Waals surface area contributed by atoms with Crippen LogP contribution in [0.1, 0.15) is 48.8 Å². The molecule has 0 aliphatic heterocycles. The van der Waals surface area contributed by atoms with Gasteiger partial charge in [-0.05, 0) is 54.2 Å². The molecule has 0 aliphatic carbocycles. The van der Waals surface area contributed by atoms with E-state index in [0.29, 0.717) is 13.0 Å². The molecule has 3 rings (SSSR count). The lowest BCUT2D eigenvalue weighted by atomic mass is 10.2. The van der Waals surface area contributed by atoms with Crippen molar-refractivity contribution in [2.75, 3.05) is 13.2 Å². The highest BCUT2D eigenvalue weighted by molar-refractivity contribution is 7.86. The maximum Gasteiger partial charge on any atom is 0.296 e. The van der Waals surface area contributed by atoms with E-state index in [-0.39, 0.29) is 16.4 Å². The van der Waals surface area contributed by atoms with Crippen molar-refractivity contribution in [1.29, 1.82) is 0 Å². The highest BCUT2D eigenvalue weighted by Crippen LogP contribution is 2.36. The fourth-order valence-corrected chi connectivity index (χ4v) is 9.59. The molecule has 3 aromatic carbocycles. The fraction of sp³-hybridized carbons (Fsp3) is 0.333. The number of benzene rings is 3. The van der Waals surface area contributed by atoms with Crippen LogP contribution in [0.4, 0.5) is 0 Å². The van der Waals surface area contributed by atoms with Crippen molar-refractivity contribution in [2.24, 2.45) is 0 Å². The molecule has 3 aromatic rings. The zero-order valence-electron chi connectivity index (χ0n) is 23.8. The van der Waals surface area contributed by atoms with Crippen molar-refractivity contribution < 1.29 is 19.8 Å². The summed E-state index contributed by atoms with van der Waals surface area (Å²) in [5.74, 6) is 0. The van der Waals surface area contributed by atoms with Crippen LogP contribution in [-0.4, -0.2) is 29.9 Å². The van der Waals surface area contributed by atoms with Gasteiger partial charge >= 0.3 is 0 Å². The third-order valence-corrected chi connectivity index (χ3v) is 12.4. The molecule has 4 nitrogen and oxygen atoms in total. The number of aryl methyl sites for hydroxylation is 1. The third-order valence-electron chi connectivity index (χ3n) is 6.25. The molecule has 0 N–H and O–H groups in total. The minimum absolute atomic E-state index is 0.0575. The molecule has 192 valence electrons. The van der Waals surface area contributed by atoms with Crippen molar-refractivity contribution in [1.82, 2.24) is 0 Å². The van der Waals surface area contributed by atoms with Gasteiger partial charge in [-0.3, -0.25) is 4.18 Å². The highest BCUT2D eigenvalue weighted by atomic mass is 32.2. The molecule has 0 spiro atoms. The first-order valence-electron chi connectivity index (χ1n) is 13.2. The van der Waals surface area contributed by atoms with Crippen molar-refractivity contribution in [2.45, 2.75) is 57.4 Å². The Hall–Kier alpha value is -2.51. The molecule has 0 atom stereocenters. The minimum Gasteiger partial charge on any atom is -0.404 e. The molecule has 0 amide bonds. The van der Waals surface area contributed by atoms with Crippen LogP contribution in [0.15, 0.2) is 101 Å². The van der Waals surface area contributed by atoms with E-state index in [9.17, 15) is 8.42 Å². The van der Waals surface area contributed by atoms with Gasteiger partial charge in [0, 0.05) is 0 Å². The summed E-state index contributed by atoms with van der Waals surface area (Å²) in [6.07, 6.45) is 2.20. The maximum atomic E-state index is 12.6. The Bertz CT molecular complexity index is 1280. The molecule has 6 heteroatoms. The van der Waals surface area contributed by atoms with Crippen LogP contribution in [0.2, 0.25) is 5.04 Å². The zero-order valence-corrected chi connectivity index (χ0v) is 23.6. The van der Waals surface area contributed by atoms with Gasteiger partial charge in [0.15, 0.2) is 0 Å². The molecule has 0 radical (unpaired) electrons. The first-order chi connectivity index (χ1) is 17.8. The number of rotatable bonds is 11. The first kappa shape index (κ1) is 25.1. The van der Waals surface area contributed by atoms with Crippen molar-refractivity contribution in [3.63, 3.8) is 0 Å². The Kier molecular flexibility index (Phi) is 8.49. The zero-order chi connectivity index (χ0) is 28.0. The van der Waals surface area contributed by atoms with Gasteiger partial charge in [0.25, 0.3) is 18.4 Å². The second kappa shape index (κ2) is 12.1. The molecule has 0 bridgehead atoms. The van der Waals surface area contributed by atoms with Gasteiger partial charge in [-0.2, -0.15) is 8.42 Å². The lowest BCUT2D eigenvalue weighted by molar-refractivity contribution is 0.311. The quantitative estimate of drug-likeness (QED) is 0.175. The van der Waals surface area contributed by atoms with Gasteiger partial charge in [-0.25, -0.2) is 0 Å². The van der Waals surface area contributed by atoms with Crippen molar-refractivity contribution in [3.8, 4) is 0 Å². The summed E-state index contributed by atoms with van der Waals surface area (Å²) in [7, 11) is -6.88. The highest BCUT2D eigenvalue weighted by Gasteiger charge is 2.49. The second-order valence-electron chi connectivity index (χ2n) is 10.0. The topological polar surface area (TPSA) is 52.6 Å². The van der Waals surface area contributed by atoms with E-state index in [0.717, 1.165) is 11.1 Å². The lowest BCUT2D eigenvalue weighted by Crippen LogP contribution is -2.66. The van der Waals surface area contributed by atoms with E-state index in [2.05, 4.69) is 45.0 Å². The Labute approximate surface area is 221 Å². The molecule has 0 aliphatic rings. The van der Waals surface area contributed by atoms with E-state index in [1.807, 2.05) is 56.3 Å². The average molecular weight is 525 g/mol. The summed E-state index contributed by atoms with van der Waals surface area (Å²) < 4.78 is 53.3. The van der Waals surface area contributed by atoms with Crippen LogP contribution >= 0.6 is 0 Å². The smallest absolute Gasteiger partial charge is 0.296 e. The predicted octanol–water partition coefficient (Wildman–Crippen LogP) is 6.00. The van der Waals surface area contributed by atoms with E-state index in [1.165, 1.54) is 22.5 Å². The fourth-order valence-electron chi connectivity index (χ4n) is 4.29. The molecule has 0 saturated heterocycles. The third kappa shape index (κ3) is 6.82. The molecule has 0 heterocycles. The monoisotopic (exact) mass is 524 g/mol. The molecule has 0 unspecified atom stereocenters. The first-order valence-corrected chi connectivity index (χ1v) is 15.5. The Morgan fingerprint density at radius 2 is 1.44 bits per heavy atom. The van der Waals surface area contributed by atoms with Crippen LogP contribution < -0.4 is 10.4 Å². The summed E-state index contributed by atoms with van der Waals surface area (Å²) in [5, 5.41) is 2.24. The van der Waals surface area contributed by atoms with E-state index in [1.54, 1.807) is 12.1 Å². The van der Waals surface area contributed by atoms with E-state index in [4.69, 9.17) is 11.4 Å². The summed E-state index contributed by atoms with van der Waals surface area (Å²) in [6, 6.07) is 26.9. The molecular weight excluding hydrogens is 484 g/mol. The largest absolute Gasteiger partial charge is 0.404 e. The van der Waals surface area contributed by atoms with Crippen LogP contribution in [-0.2, 0) is 18.7 Å². The number of allylic oxidation sites excluding steroid dienone is 1. The summed E-state index contributed by atoms with van der Waals surface area (Å²) in [4.78, 5) is -0.0575. The molecule has 36 heavy (non-hydrogen) atoms. The van der Waals surface area contributed by atoms with Crippen LogP contribution in [0.25, 0.3) is 0 Å². The van der Waals surface area contributed by atoms with Gasteiger partial charge in [0.1, 0.15) is 0 Å². The van der Waals surface area contributed by atoms with Gasteiger partial charge in [0.2, 0.25) is 0 Å². The summed E-state index contributed by atoms with van der Waals surface area (Å²) >= 11 is 0. The average Bonchev–Trinajstić information content (AvgIpc) is 2.85. The van der Waals surface area contributed by atoms with Crippen molar-refractivity contribution >= 4 is 28.8 Å². The van der Waals surface area contributed by atoms with E-state index < -0.39 is 25.0 Å². The van der Waals surface area contributed by atoms with E-state index >= 15 is 0 Å². The Morgan fingerprint density at radius 3 is 1.94 bits per heavy atom. The Balaban J connectivity index is 1.74. The number of hydrogen-bond donors (Lipinski definition) is 0. The summed E-state index contributed by atoms with van der Waals surface area (Å²) in [5.41, 5.74) is 1.82. The predicted molar refractivity (Wildman–Crippen MR) is 151 cm³/mol. The molecule has 0 fully saturated rings. The van der Waals surface area contributed by atoms with Gasteiger partial charge in [-0.1, -0.05) is 111 Å². The maximum absolute atomic E-state index is 12.6. The van der Waals surface area contributed by atoms with Gasteiger partial charge in [-0.15, -0.1) is 0 Å². The standard InChI is InChI=1S/C30H38O4SSi/c1-25(13-12-23-33-35(31,32)27-20-18-26(2)19-21-27)22-24-34-36(30(3,4)5,28-14-8-6-9-15-28)29-16-10-7-11-17-29/h6-11,14-22H,12-13,23-24H2,1-5H3/b25-22+/i23D2. The minimum atomic E-state index is -4.21. The SMILES string of the molecule is [2H]C([2H])(CC/C(C)=C/CO[Si](c1ccccc1)(c1ccccc1)C(C)(C)C)OS(=O)(=O)c1ccc(C)cc1. The van der Waals surface area contributed by atoms with Crippen LogP contribution in [0, 0.1) is 6.92 Å². The normalized spacial score (nSPS) is 14.3. The van der Waals surface area contributed by atoms with Crippen LogP contribution in [0.5, 0.6) is 0 Å². The van der Waals surface area contributed by atoms with Gasteiger partial charge in [0.05, 0.1) is 20.8 Å². The van der Waals surface area contributed by atoms with Gasteiger partial charge < -0.3 is 4.43 Å². The lowest BCUT2D eigenvalue weighted by Gasteiger charge is -2.42. The van der Waals surface area contributed by atoms with Crippen LogP contribution in [0.3, 0.4) is 0 Å². The van der Waals surface area contributed by atoms with Crippen molar-refractivity contribution in [3.05, 3.63) is 102 Å². The summed E-state index contributed by atoms with van der Waals surface area (Å²) in [6.45, 7) is 8.44. The molecule has 0 saturated carbocycles. The number of hydrogen-bond acceptors (Lipinski definition) is 4. The molecular formula is C30H38O4SSi. The Morgan fingerprint density at radius 1 is 0.917 bits per heavy atom.